The molecular weight excluding hydrogens is 430 g/mol. The Labute approximate surface area is 199 Å². The zero-order valence-electron chi connectivity index (χ0n) is 20.2. The van der Waals surface area contributed by atoms with Gasteiger partial charge in [0.2, 0.25) is 5.91 Å². The lowest BCUT2D eigenvalue weighted by Gasteiger charge is -2.26. The lowest BCUT2D eigenvalue weighted by atomic mass is 9.94. The summed E-state index contributed by atoms with van der Waals surface area (Å²) in [6, 6.07) is 9.56. The van der Waals surface area contributed by atoms with Gasteiger partial charge in [0.05, 0.1) is 12.5 Å². The van der Waals surface area contributed by atoms with Crippen LogP contribution in [0.25, 0.3) is 11.1 Å². The highest BCUT2D eigenvalue weighted by Gasteiger charge is 2.28. The molecule has 0 radical (unpaired) electrons. The third kappa shape index (κ3) is 5.60. The summed E-state index contributed by atoms with van der Waals surface area (Å²) < 4.78 is 1.40. The van der Waals surface area contributed by atoms with Crippen LogP contribution < -0.4 is 10.9 Å². The van der Waals surface area contributed by atoms with Gasteiger partial charge in [-0.1, -0.05) is 32.0 Å². The van der Waals surface area contributed by atoms with Gasteiger partial charge < -0.3 is 15.0 Å². The maximum absolute atomic E-state index is 13.4. The van der Waals surface area contributed by atoms with E-state index in [1.54, 1.807) is 24.7 Å². The molecule has 1 aromatic carbocycles. The Bertz CT molecular complexity index is 1240. The number of rotatable bonds is 8. The number of aromatic nitrogens is 2. The Morgan fingerprint density at radius 3 is 2.32 bits per heavy atom. The molecule has 7 heteroatoms. The molecule has 0 aliphatic heterocycles. The third-order valence-corrected chi connectivity index (χ3v) is 5.93. The van der Waals surface area contributed by atoms with Crippen molar-refractivity contribution in [3.63, 3.8) is 0 Å². The summed E-state index contributed by atoms with van der Waals surface area (Å²) in [7, 11) is 0. The lowest BCUT2D eigenvalue weighted by Crippen LogP contribution is -2.41. The third-order valence-electron chi connectivity index (χ3n) is 5.93. The molecule has 178 valence electrons. The fourth-order valence-electron chi connectivity index (χ4n) is 4.31. The quantitative estimate of drug-likeness (QED) is 0.519. The van der Waals surface area contributed by atoms with Crippen molar-refractivity contribution in [1.82, 2.24) is 14.9 Å². The highest BCUT2D eigenvalue weighted by atomic mass is 16.4. The van der Waals surface area contributed by atoms with E-state index in [1.807, 2.05) is 58.9 Å². The van der Waals surface area contributed by atoms with Crippen LogP contribution in [0.2, 0.25) is 0 Å². The van der Waals surface area contributed by atoms with E-state index in [-0.39, 0.29) is 17.9 Å². The Hall–Kier alpha value is -3.74. The number of aliphatic carboxylic acids is 1. The van der Waals surface area contributed by atoms with Crippen LogP contribution in [0.15, 0.2) is 59.8 Å². The van der Waals surface area contributed by atoms with Crippen molar-refractivity contribution in [1.29, 1.82) is 0 Å². The first kappa shape index (κ1) is 24.9. The molecule has 2 N–H and O–H groups in total. The average Bonchev–Trinajstić information content (AvgIpc) is 2.74. The van der Waals surface area contributed by atoms with Crippen molar-refractivity contribution in [2.24, 2.45) is 5.92 Å². The van der Waals surface area contributed by atoms with Gasteiger partial charge in [-0.05, 0) is 66.6 Å². The molecule has 2 aromatic heterocycles. The molecule has 34 heavy (non-hydrogen) atoms. The van der Waals surface area contributed by atoms with Gasteiger partial charge in [0.1, 0.15) is 6.04 Å². The molecule has 0 spiro atoms. The Morgan fingerprint density at radius 2 is 1.74 bits per heavy atom. The van der Waals surface area contributed by atoms with E-state index in [4.69, 9.17) is 0 Å². The summed E-state index contributed by atoms with van der Waals surface area (Å²) in [5, 5.41) is 12.4. The van der Waals surface area contributed by atoms with Gasteiger partial charge in [-0.3, -0.25) is 19.4 Å². The number of benzene rings is 1. The van der Waals surface area contributed by atoms with Gasteiger partial charge in [0, 0.05) is 30.2 Å². The van der Waals surface area contributed by atoms with E-state index in [1.165, 1.54) is 10.6 Å². The molecule has 3 aromatic rings. The minimum Gasteiger partial charge on any atom is -0.481 e. The number of carboxylic acids is 1. The number of aryl methyl sites for hydroxylation is 3. The Balaban J connectivity index is 1.98. The van der Waals surface area contributed by atoms with E-state index in [0.717, 1.165) is 27.8 Å². The molecule has 2 atom stereocenters. The molecule has 2 heterocycles. The van der Waals surface area contributed by atoms with Gasteiger partial charge in [-0.25, -0.2) is 0 Å². The standard InChI is InChI=1S/C27H31N3O4/c1-16(2)26(30-10-9-17(3)11-23(30)31)27(34)29-22(13-24(32)33)20-12-21(15-28-14-20)25-18(4)7-6-8-19(25)5/h6-12,14-16,22,26H,13H2,1-5H3,(H,29,34)(H,32,33)/t22-,26?/m0/s1. The topological polar surface area (TPSA) is 101 Å². The van der Waals surface area contributed by atoms with Crippen LogP contribution in [0.5, 0.6) is 0 Å². The number of amides is 1. The first-order valence-electron chi connectivity index (χ1n) is 11.3. The number of pyridine rings is 2. The number of hydrogen-bond donors (Lipinski definition) is 2. The number of nitrogens with zero attached hydrogens (tertiary/aromatic N) is 2. The van der Waals surface area contributed by atoms with Gasteiger partial charge in [-0.15, -0.1) is 0 Å². The van der Waals surface area contributed by atoms with Crippen molar-refractivity contribution >= 4 is 11.9 Å². The highest BCUT2D eigenvalue weighted by molar-refractivity contribution is 5.82. The summed E-state index contributed by atoms with van der Waals surface area (Å²) in [5.41, 5.74) is 5.17. The second kappa shape index (κ2) is 10.5. The summed E-state index contributed by atoms with van der Waals surface area (Å²) in [4.78, 5) is 41.9. The number of nitrogens with one attached hydrogen (secondary N) is 1. The molecule has 3 rings (SSSR count). The summed E-state index contributed by atoms with van der Waals surface area (Å²) in [6.07, 6.45) is 4.61. The van der Waals surface area contributed by atoms with Crippen LogP contribution in [0, 0.1) is 26.7 Å². The minimum absolute atomic E-state index is 0.190. The molecule has 0 bridgehead atoms. The summed E-state index contributed by atoms with van der Waals surface area (Å²) in [6.45, 7) is 9.54. The van der Waals surface area contributed by atoms with Crippen LogP contribution >= 0.6 is 0 Å². The largest absolute Gasteiger partial charge is 0.481 e. The lowest BCUT2D eigenvalue weighted by molar-refractivity contribution is -0.138. The fourth-order valence-corrected chi connectivity index (χ4v) is 4.31. The van der Waals surface area contributed by atoms with Crippen molar-refractivity contribution in [3.8, 4) is 11.1 Å². The van der Waals surface area contributed by atoms with Crippen LogP contribution in [0.4, 0.5) is 0 Å². The van der Waals surface area contributed by atoms with Crippen molar-refractivity contribution < 1.29 is 14.7 Å². The second-order valence-electron chi connectivity index (χ2n) is 9.07. The first-order chi connectivity index (χ1) is 16.1. The van der Waals surface area contributed by atoms with Crippen molar-refractivity contribution in [2.75, 3.05) is 0 Å². The molecule has 7 nitrogen and oxygen atoms in total. The number of carboxylic acid groups (broad SMARTS) is 1. The number of hydrogen-bond acceptors (Lipinski definition) is 4. The first-order valence-corrected chi connectivity index (χ1v) is 11.3. The smallest absolute Gasteiger partial charge is 0.305 e. The molecule has 0 saturated heterocycles. The maximum Gasteiger partial charge on any atom is 0.305 e. The normalized spacial score (nSPS) is 12.9. The predicted octanol–water partition coefficient (Wildman–Crippen LogP) is 4.36. The highest BCUT2D eigenvalue weighted by Crippen LogP contribution is 2.29. The fraction of sp³-hybridized carbons (Fsp3) is 0.333. The Kier molecular flexibility index (Phi) is 7.66. The molecule has 1 unspecified atom stereocenters. The van der Waals surface area contributed by atoms with E-state index in [0.29, 0.717) is 5.56 Å². The second-order valence-corrected chi connectivity index (χ2v) is 9.07. The van der Waals surface area contributed by atoms with E-state index in [2.05, 4.69) is 10.3 Å². The van der Waals surface area contributed by atoms with Crippen molar-refractivity contribution in [3.05, 3.63) is 87.6 Å². The van der Waals surface area contributed by atoms with Gasteiger partial charge in [0.25, 0.3) is 5.56 Å². The summed E-state index contributed by atoms with van der Waals surface area (Å²) >= 11 is 0. The zero-order chi connectivity index (χ0) is 25.0. The van der Waals surface area contributed by atoms with Crippen LogP contribution in [0.3, 0.4) is 0 Å². The Morgan fingerprint density at radius 1 is 1.06 bits per heavy atom. The SMILES string of the molecule is Cc1ccn(C(C(=O)N[C@@H](CC(=O)O)c2cncc(-c3c(C)cccc3C)c2)C(C)C)c(=O)c1. The number of carbonyl (C=O) groups is 2. The number of carbonyl (C=O) groups excluding carboxylic acids is 1. The molecule has 0 saturated carbocycles. The summed E-state index contributed by atoms with van der Waals surface area (Å²) in [5.74, 6) is -1.65. The van der Waals surface area contributed by atoms with Gasteiger partial charge in [-0.2, -0.15) is 0 Å². The molecule has 0 aliphatic carbocycles. The average molecular weight is 462 g/mol. The van der Waals surface area contributed by atoms with Crippen LogP contribution in [-0.4, -0.2) is 26.5 Å². The molecular formula is C27H31N3O4. The van der Waals surface area contributed by atoms with Crippen LogP contribution in [-0.2, 0) is 9.59 Å². The minimum atomic E-state index is -1.05. The van der Waals surface area contributed by atoms with Crippen molar-refractivity contribution in [2.45, 2.75) is 53.1 Å². The molecule has 0 fully saturated rings. The zero-order valence-corrected chi connectivity index (χ0v) is 20.2. The predicted molar refractivity (Wildman–Crippen MR) is 132 cm³/mol. The van der Waals surface area contributed by atoms with E-state index in [9.17, 15) is 19.5 Å². The van der Waals surface area contributed by atoms with Gasteiger partial charge in [0.15, 0.2) is 0 Å². The molecule has 1 amide bonds. The molecule has 0 aliphatic rings. The van der Waals surface area contributed by atoms with Gasteiger partial charge >= 0.3 is 5.97 Å². The van der Waals surface area contributed by atoms with Crippen LogP contribution in [0.1, 0.15) is 54.6 Å². The monoisotopic (exact) mass is 461 g/mol. The van der Waals surface area contributed by atoms with E-state index >= 15 is 0 Å². The maximum atomic E-state index is 13.4. The van der Waals surface area contributed by atoms with E-state index < -0.39 is 24.0 Å².